The lowest BCUT2D eigenvalue weighted by atomic mass is 10.2. The third kappa shape index (κ3) is 5.53. The van der Waals surface area contributed by atoms with Crippen LogP contribution in [-0.4, -0.2) is 27.9 Å². The first-order valence-electron chi connectivity index (χ1n) is 7.51. The van der Waals surface area contributed by atoms with Gasteiger partial charge in [0.05, 0.1) is 5.56 Å². The number of halogens is 12. The molecule has 0 N–H and O–H groups in total. The summed E-state index contributed by atoms with van der Waals surface area (Å²) in [6.07, 6.45) is 0. The molecule has 0 aliphatic heterocycles. The second-order valence-electron chi connectivity index (χ2n) is 5.59. The van der Waals surface area contributed by atoms with Gasteiger partial charge in [0, 0.05) is 0 Å². The Morgan fingerprint density at radius 3 is 1.09 bits per heavy atom. The SMILES string of the molecule is Fc1ccccc1.O=S(=O)(C(c1c(F)c(F)c(F)c(F)c1F)S(=O)(=O)C(F)(F)F)C(F)(F)F. The van der Waals surface area contributed by atoms with Crippen LogP contribution in [0.5, 0.6) is 0 Å². The van der Waals surface area contributed by atoms with Crippen molar-refractivity contribution in [2.75, 3.05) is 0 Å². The van der Waals surface area contributed by atoms with E-state index >= 15 is 0 Å². The average Bonchev–Trinajstić information content (AvgIpc) is 2.67. The Balaban J connectivity index is 0.000000657. The maximum absolute atomic E-state index is 13.5. The van der Waals surface area contributed by atoms with Gasteiger partial charge in [-0.15, -0.1) is 0 Å². The maximum Gasteiger partial charge on any atom is 0.499 e. The molecule has 2 aromatic rings. The van der Waals surface area contributed by atoms with Gasteiger partial charge in [0.25, 0.3) is 19.7 Å². The zero-order valence-electron chi connectivity index (χ0n) is 14.9. The van der Waals surface area contributed by atoms with E-state index in [1.54, 1.807) is 18.2 Å². The minimum Gasteiger partial charge on any atom is -0.218 e. The molecule has 0 saturated carbocycles. The molecule has 0 bridgehead atoms. The highest BCUT2D eigenvalue weighted by Crippen LogP contribution is 2.47. The van der Waals surface area contributed by atoms with Crippen LogP contribution < -0.4 is 0 Å². The topological polar surface area (TPSA) is 68.3 Å². The highest BCUT2D eigenvalue weighted by atomic mass is 32.3. The molecule has 0 saturated heterocycles. The molecule has 0 radical (unpaired) electrons. The van der Waals surface area contributed by atoms with Crippen LogP contribution in [0.3, 0.4) is 0 Å². The molecule has 33 heavy (non-hydrogen) atoms. The molecule has 0 aliphatic rings. The van der Waals surface area contributed by atoms with Crippen molar-refractivity contribution in [1.29, 1.82) is 0 Å². The van der Waals surface area contributed by atoms with E-state index in [1.807, 2.05) is 0 Å². The van der Waals surface area contributed by atoms with Crippen molar-refractivity contribution in [3.63, 3.8) is 0 Å². The Morgan fingerprint density at radius 2 is 0.848 bits per heavy atom. The first kappa shape index (κ1) is 28.5. The van der Waals surface area contributed by atoms with Gasteiger partial charge in [-0.1, -0.05) is 18.2 Å². The molecule has 186 valence electrons. The highest BCUT2D eigenvalue weighted by Gasteiger charge is 2.65. The molecule has 0 aromatic heterocycles. The summed E-state index contributed by atoms with van der Waals surface area (Å²) >= 11 is 0. The van der Waals surface area contributed by atoms with Gasteiger partial charge >= 0.3 is 11.0 Å². The maximum atomic E-state index is 13.5. The summed E-state index contributed by atoms with van der Waals surface area (Å²) in [5, 5.41) is 0. The Hall–Kier alpha value is -2.50. The fourth-order valence-electron chi connectivity index (χ4n) is 1.96. The molecular formula is C15H6F12O4S2. The third-order valence-corrected chi connectivity index (χ3v) is 7.83. The third-order valence-electron chi connectivity index (χ3n) is 3.42. The smallest absolute Gasteiger partial charge is 0.218 e. The molecule has 0 heterocycles. The van der Waals surface area contributed by atoms with Crippen LogP contribution in [0.1, 0.15) is 10.1 Å². The number of benzene rings is 2. The average molecular weight is 542 g/mol. The molecule has 0 amide bonds. The Bertz CT molecular complexity index is 1150. The summed E-state index contributed by atoms with van der Waals surface area (Å²) in [5.74, 6) is -16.5. The normalized spacial score (nSPS) is 13.0. The summed E-state index contributed by atoms with van der Waals surface area (Å²) in [7, 11) is -15.3. The number of hydrogen-bond donors (Lipinski definition) is 0. The summed E-state index contributed by atoms with van der Waals surface area (Å²) in [6, 6.07) is 7.94. The predicted octanol–water partition coefficient (Wildman–Crippen LogP) is 5.08. The van der Waals surface area contributed by atoms with Gasteiger partial charge in [-0.25, -0.2) is 43.2 Å². The number of alkyl halides is 6. The lowest BCUT2D eigenvalue weighted by molar-refractivity contribution is -0.0473. The van der Waals surface area contributed by atoms with Gasteiger partial charge in [-0.05, 0) is 12.1 Å². The van der Waals surface area contributed by atoms with Crippen LogP contribution in [0.2, 0.25) is 0 Å². The lowest BCUT2D eigenvalue weighted by Gasteiger charge is -2.22. The Morgan fingerprint density at radius 1 is 0.545 bits per heavy atom. The standard InChI is InChI=1S/C9HF11O4S2.C6H5F/c10-2-1(3(11)5(13)6(14)4(2)12)7(25(21,22)8(15,16)17)26(23,24)9(18,19)20;7-6-4-2-1-3-5-6/h7H;1-5H. The van der Waals surface area contributed by atoms with E-state index in [4.69, 9.17) is 0 Å². The van der Waals surface area contributed by atoms with E-state index in [-0.39, 0.29) is 5.82 Å². The van der Waals surface area contributed by atoms with E-state index in [0.29, 0.717) is 0 Å². The molecule has 4 nitrogen and oxygen atoms in total. The summed E-state index contributed by atoms with van der Waals surface area (Å²) in [4.78, 5) is 0. The molecule has 0 atom stereocenters. The monoisotopic (exact) mass is 542 g/mol. The van der Waals surface area contributed by atoms with Crippen LogP contribution >= 0.6 is 0 Å². The van der Waals surface area contributed by atoms with Crippen molar-refractivity contribution < 1.29 is 69.5 Å². The zero-order chi connectivity index (χ0) is 26.2. The van der Waals surface area contributed by atoms with E-state index < -0.39 is 69.9 Å². The molecule has 0 aliphatic carbocycles. The second kappa shape index (κ2) is 9.40. The van der Waals surface area contributed by atoms with E-state index in [9.17, 15) is 69.5 Å². The predicted molar refractivity (Wildman–Crippen MR) is 85.3 cm³/mol. The quantitative estimate of drug-likeness (QED) is 0.309. The lowest BCUT2D eigenvalue weighted by Crippen LogP contribution is -2.40. The van der Waals surface area contributed by atoms with Crippen molar-refractivity contribution in [2.24, 2.45) is 0 Å². The van der Waals surface area contributed by atoms with E-state index in [2.05, 4.69) is 0 Å². The first-order valence-corrected chi connectivity index (χ1v) is 10.6. The largest absolute Gasteiger partial charge is 0.499 e. The summed E-state index contributed by atoms with van der Waals surface area (Å²) in [5.41, 5.74) is -17.1. The van der Waals surface area contributed by atoms with Gasteiger partial charge in [0.15, 0.2) is 23.3 Å². The van der Waals surface area contributed by atoms with Gasteiger partial charge in [0.1, 0.15) is 5.82 Å². The van der Waals surface area contributed by atoms with E-state index in [0.717, 1.165) is 0 Å². The fraction of sp³-hybridized carbons (Fsp3) is 0.200. The number of sulfone groups is 2. The van der Waals surface area contributed by atoms with Gasteiger partial charge in [0.2, 0.25) is 10.4 Å². The summed E-state index contributed by atoms with van der Waals surface area (Å²) < 4.78 is 192. The zero-order valence-corrected chi connectivity index (χ0v) is 16.6. The molecule has 2 aromatic carbocycles. The second-order valence-corrected chi connectivity index (χ2v) is 9.94. The minimum absolute atomic E-state index is 0.178. The molecule has 0 unspecified atom stereocenters. The van der Waals surface area contributed by atoms with Crippen LogP contribution in [0.4, 0.5) is 52.7 Å². The fourth-order valence-corrected chi connectivity index (χ4v) is 5.47. The Kier molecular flexibility index (Phi) is 8.12. The van der Waals surface area contributed by atoms with Crippen LogP contribution in [0, 0.1) is 34.9 Å². The van der Waals surface area contributed by atoms with Crippen molar-refractivity contribution >= 4 is 19.7 Å². The van der Waals surface area contributed by atoms with Crippen molar-refractivity contribution in [2.45, 2.75) is 15.6 Å². The highest BCUT2D eigenvalue weighted by molar-refractivity contribution is 8.09. The molecular weight excluding hydrogens is 536 g/mol. The summed E-state index contributed by atoms with van der Waals surface area (Å²) in [6.45, 7) is 0. The molecule has 0 spiro atoms. The Labute approximate surface area is 176 Å². The van der Waals surface area contributed by atoms with Crippen molar-refractivity contribution in [3.8, 4) is 0 Å². The molecule has 18 heteroatoms. The van der Waals surface area contributed by atoms with Crippen LogP contribution in [-0.2, 0) is 19.7 Å². The van der Waals surface area contributed by atoms with Gasteiger partial charge < -0.3 is 0 Å². The first-order chi connectivity index (χ1) is 14.7. The molecule has 2 rings (SSSR count). The van der Waals surface area contributed by atoms with Gasteiger partial charge in [-0.2, -0.15) is 26.3 Å². The van der Waals surface area contributed by atoms with E-state index in [1.165, 1.54) is 12.1 Å². The number of hydrogen-bond acceptors (Lipinski definition) is 4. The molecule has 0 fully saturated rings. The van der Waals surface area contributed by atoms with Crippen molar-refractivity contribution in [1.82, 2.24) is 0 Å². The minimum atomic E-state index is -7.67. The van der Waals surface area contributed by atoms with Gasteiger partial charge in [-0.3, -0.25) is 0 Å². The van der Waals surface area contributed by atoms with Crippen molar-refractivity contribution in [3.05, 3.63) is 70.8 Å². The number of rotatable bonds is 3. The van der Waals surface area contributed by atoms with Crippen LogP contribution in [0.15, 0.2) is 30.3 Å². The van der Waals surface area contributed by atoms with Crippen LogP contribution in [0.25, 0.3) is 0 Å².